The molecule has 0 saturated heterocycles. The van der Waals surface area contributed by atoms with Gasteiger partial charge in [0.2, 0.25) is 0 Å². The Morgan fingerprint density at radius 1 is 0.340 bits per heavy atom. The molecule has 0 saturated carbocycles. The number of rotatable bonds is 8. The summed E-state index contributed by atoms with van der Waals surface area (Å²) < 4.78 is 6.43. The minimum atomic E-state index is 0.898. The van der Waals surface area contributed by atoms with Crippen LogP contribution in [0.15, 0.2) is 211 Å². The smallest absolute Gasteiger partial charge is 0.138 e. The fraction of sp³-hybridized carbons (Fsp3) is 0.0196. The first kappa shape index (κ1) is 32.0. The first-order chi connectivity index (χ1) is 26.2. The van der Waals surface area contributed by atoms with E-state index in [1.165, 1.54) is 44.5 Å². The van der Waals surface area contributed by atoms with Gasteiger partial charge in [0.1, 0.15) is 11.3 Å². The van der Waals surface area contributed by atoms with Crippen molar-refractivity contribution in [2.45, 2.75) is 6.92 Å². The summed E-state index contributed by atoms with van der Waals surface area (Å²) in [4.78, 5) is 2.33. The summed E-state index contributed by atoms with van der Waals surface area (Å²) >= 11 is 0. The summed E-state index contributed by atoms with van der Waals surface area (Å²) in [5.74, 6) is 0.898. The SMILES string of the molecule is Cc1c(-c2cccc(N(c3ccc(-c4ccc(-c5ccccc5)cc4)cc3)c3ccc(-c4ccccc4-c4ccccc4)cc3)c2)oc2ccccc12. The van der Waals surface area contributed by atoms with Crippen LogP contribution in [0.25, 0.3) is 66.8 Å². The molecule has 0 fully saturated rings. The van der Waals surface area contributed by atoms with Crippen molar-refractivity contribution >= 4 is 28.0 Å². The van der Waals surface area contributed by atoms with Crippen molar-refractivity contribution in [3.63, 3.8) is 0 Å². The van der Waals surface area contributed by atoms with E-state index in [9.17, 15) is 0 Å². The Hall–Kier alpha value is -6.90. The second-order valence-corrected chi connectivity index (χ2v) is 13.4. The van der Waals surface area contributed by atoms with Gasteiger partial charge in [-0.05, 0) is 93.9 Å². The van der Waals surface area contributed by atoms with E-state index >= 15 is 0 Å². The largest absolute Gasteiger partial charge is 0.456 e. The normalized spacial score (nSPS) is 11.1. The average Bonchev–Trinajstić information content (AvgIpc) is 3.58. The molecule has 0 radical (unpaired) electrons. The maximum atomic E-state index is 6.43. The van der Waals surface area contributed by atoms with Crippen LogP contribution in [-0.4, -0.2) is 0 Å². The Morgan fingerprint density at radius 2 is 0.774 bits per heavy atom. The lowest BCUT2D eigenvalue weighted by Gasteiger charge is -2.26. The molecule has 1 aromatic heterocycles. The Labute approximate surface area is 310 Å². The van der Waals surface area contributed by atoms with Crippen LogP contribution >= 0.6 is 0 Å². The van der Waals surface area contributed by atoms with Crippen LogP contribution in [0, 0.1) is 6.92 Å². The Morgan fingerprint density at radius 3 is 1.36 bits per heavy atom. The molecule has 0 spiro atoms. The highest BCUT2D eigenvalue weighted by atomic mass is 16.3. The average molecular weight is 680 g/mol. The van der Waals surface area contributed by atoms with E-state index in [-0.39, 0.29) is 0 Å². The third-order valence-electron chi connectivity index (χ3n) is 10.1. The van der Waals surface area contributed by atoms with Crippen LogP contribution in [0.2, 0.25) is 0 Å². The Bertz CT molecular complexity index is 2640. The number of hydrogen-bond donors (Lipinski definition) is 0. The Kier molecular flexibility index (Phi) is 8.47. The highest BCUT2D eigenvalue weighted by Gasteiger charge is 2.18. The fourth-order valence-electron chi connectivity index (χ4n) is 7.37. The number of fused-ring (bicyclic) bond motifs is 1. The molecule has 252 valence electrons. The molecule has 0 aliphatic rings. The number of hydrogen-bond acceptors (Lipinski definition) is 2. The molecule has 2 heteroatoms. The van der Waals surface area contributed by atoms with E-state index in [1.54, 1.807) is 0 Å². The summed E-state index contributed by atoms with van der Waals surface area (Å²) in [5.41, 5.74) is 15.9. The molecule has 1 heterocycles. The van der Waals surface area contributed by atoms with Crippen molar-refractivity contribution in [2.24, 2.45) is 0 Å². The van der Waals surface area contributed by atoms with Crippen LogP contribution in [0.4, 0.5) is 17.1 Å². The van der Waals surface area contributed by atoms with Crippen LogP contribution in [0.1, 0.15) is 5.56 Å². The molecule has 0 bridgehead atoms. The molecule has 9 rings (SSSR count). The number of aryl methyl sites for hydroxylation is 1. The minimum absolute atomic E-state index is 0.898. The molecule has 53 heavy (non-hydrogen) atoms. The van der Waals surface area contributed by atoms with Gasteiger partial charge in [-0.2, -0.15) is 0 Å². The van der Waals surface area contributed by atoms with E-state index in [2.05, 4.69) is 206 Å². The molecule has 0 aliphatic heterocycles. The van der Waals surface area contributed by atoms with Crippen molar-refractivity contribution in [3.05, 3.63) is 212 Å². The summed E-state index contributed by atoms with van der Waals surface area (Å²) in [6.07, 6.45) is 0. The third kappa shape index (κ3) is 6.32. The maximum Gasteiger partial charge on any atom is 0.138 e. The summed E-state index contributed by atoms with van der Waals surface area (Å²) in [6, 6.07) is 73.3. The number of benzene rings is 8. The quantitative estimate of drug-likeness (QED) is 0.159. The van der Waals surface area contributed by atoms with Crippen molar-refractivity contribution in [1.82, 2.24) is 0 Å². The second-order valence-electron chi connectivity index (χ2n) is 13.4. The highest BCUT2D eigenvalue weighted by molar-refractivity contribution is 5.90. The van der Waals surface area contributed by atoms with Gasteiger partial charge in [-0.3, -0.25) is 0 Å². The first-order valence-electron chi connectivity index (χ1n) is 18.1. The molecular formula is C51H37NO. The lowest BCUT2D eigenvalue weighted by Crippen LogP contribution is -2.10. The molecule has 0 atom stereocenters. The standard InChI is InChI=1S/C51H37NO/c1-36-47-19-10-11-22-50(47)53-51(36)43-17-12-18-46(35-43)52(44-31-27-40(28-32-44)39-25-23-38(24-26-39)37-13-4-2-5-14-37)45-33-29-42(30-34-45)49-21-9-8-20-48(49)41-15-6-3-7-16-41/h2-35H,1H3. The highest BCUT2D eigenvalue weighted by Crippen LogP contribution is 2.41. The number of nitrogens with zero attached hydrogens (tertiary/aromatic N) is 1. The molecule has 9 aromatic rings. The van der Waals surface area contributed by atoms with Gasteiger partial charge in [0, 0.05) is 33.6 Å². The first-order valence-corrected chi connectivity index (χ1v) is 18.1. The second kappa shape index (κ2) is 14.0. The number of para-hydroxylation sites is 1. The van der Waals surface area contributed by atoms with Gasteiger partial charge in [0.05, 0.1) is 0 Å². The monoisotopic (exact) mass is 679 g/mol. The third-order valence-corrected chi connectivity index (χ3v) is 10.1. The van der Waals surface area contributed by atoms with Gasteiger partial charge in [0.25, 0.3) is 0 Å². The molecular weight excluding hydrogens is 643 g/mol. The van der Waals surface area contributed by atoms with Gasteiger partial charge in [-0.25, -0.2) is 0 Å². The van der Waals surface area contributed by atoms with Crippen molar-refractivity contribution in [1.29, 1.82) is 0 Å². The zero-order chi connectivity index (χ0) is 35.6. The van der Waals surface area contributed by atoms with E-state index in [1.807, 2.05) is 12.1 Å². The van der Waals surface area contributed by atoms with Crippen LogP contribution in [-0.2, 0) is 0 Å². The summed E-state index contributed by atoms with van der Waals surface area (Å²) in [7, 11) is 0. The van der Waals surface area contributed by atoms with Gasteiger partial charge < -0.3 is 9.32 Å². The molecule has 0 unspecified atom stereocenters. The Balaban J connectivity index is 1.10. The van der Waals surface area contributed by atoms with E-state index in [4.69, 9.17) is 4.42 Å². The fourth-order valence-corrected chi connectivity index (χ4v) is 7.37. The van der Waals surface area contributed by atoms with Gasteiger partial charge >= 0.3 is 0 Å². The van der Waals surface area contributed by atoms with Crippen molar-refractivity contribution < 1.29 is 4.42 Å². The van der Waals surface area contributed by atoms with Crippen LogP contribution in [0.3, 0.4) is 0 Å². The predicted molar refractivity (Wildman–Crippen MR) is 223 cm³/mol. The van der Waals surface area contributed by atoms with E-state index in [0.717, 1.165) is 44.9 Å². The topological polar surface area (TPSA) is 16.4 Å². The van der Waals surface area contributed by atoms with Crippen LogP contribution in [0.5, 0.6) is 0 Å². The zero-order valence-corrected chi connectivity index (χ0v) is 29.5. The van der Waals surface area contributed by atoms with Gasteiger partial charge in [-0.1, -0.05) is 164 Å². The molecule has 0 aliphatic carbocycles. The van der Waals surface area contributed by atoms with Crippen molar-refractivity contribution in [2.75, 3.05) is 4.90 Å². The predicted octanol–water partition coefficient (Wildman–Crippen LogP) is 14.5. The molecule has 0 amide bonds. The molecule has 2 nitrogen and oxygen atoms in total. The lowest BCUT2D eigenvalue weighted by atomic mass is 9.94. The molecule has 0 N–H and O–H groups in total. The maximum absolute atomic E-state index is 6.43. The van der Waals surface area contributed by atoms with Crippen LogP contribution < -0.4 is 4.90 Å². The zero-order valence-electron chi connectivity index (χ0n) is 29.5. The minimum Gasteiger partial charge on any atom is -0.456 e. The van der Waals surface area contributed by atoms with Crippen molar-refractivity contribution in [3.8, 4) is 55.8 Å². The van der Waals surface area contributed by atoms with E-state index < -0.39 is 0 Å². The lowest BCUT2D eigenvalue weighted by molar-refractivity contribution is 0.629. The number of anilines is 3. The van der Waals surface area contributed by atoms with Gasteiger partial charge in [0.15, 0.2) is 0 Å². The summed E-state index contributed by atoms with van der Waals surface area (Å²) in [5, 5.41) is 1.14. The van der Waals surface area contributed by atoms with E-state index in [0.29, 0.717) is 0 Å². The number of furan rings is 1. The molecule has 8 aromatic carbocycles. The summed E-state index contributed by atoms with van der Waals surface area (Å²) in [6.45, 7) is 2.14. The van der Waals surface area contributed by atoms with Gasteiger partial charge in [-0.15, -0.1) is 0 Å².